The third-order valence-electron chi connectivity index (χ3n) is 2.06. The van der Waals surface area contributed by atoms with Crippen LogP contribution in [-0.4, -0.2) is 8.42 Å². The lowest BCUT2D eigenvalue weighted by Gasteiger charge is -1.97. The maximum atomic E-state index is 11.2. The van der Waals surface area contributed by atoms with Crippen LogP contribution in [0.25, 0.3) is 11.1 Å². The van der Waals surface area contributed by atoms with Gasteiger partial charge >= 0.3 is 0 Å². The van der Waals surface area contributed by atoms with Crippen LogP contribution in [0.15, 0.2) is 47.4 Å². The molecular weight excluding hydrogens is 198 g/mol. The zero-order chi connectivity index (χ0) is 10.2. The fourth-order valence-electron chi connectivity index (χ4n) is 1.43. The average molecular weight is 207 g/mol. The quantitative estimate of drug-likeness (QED) is 0.769. The van der Waals surface area contributed by atoms with Gasteiger partial charge in [0, 0.05) is 5.56 Å². The molecule has 0 atom stereocenters. The van der Waals surface area contributed by atoms with E-state index in [1.165, 1.54) is 6.07 Å². The molecule has 72 valence electrons. The zero-order valence-corrected chi connectivity index (χ0v) is 8.16. The normalized spacial score (nSPS) is 11.8. The van der Waals surface area contributed by atoms with Gasteiger partial charge in [0.25, 0.3) is 0 Å². The molecule has 0 aliphatic heterocycles. The number of fused-ring (bicyclic) bond motifs is 1. The number of rotatable bonds is 1. The second kappa shape index (κ2) is 3.08. The molecule has 2 N–H and O–H groups in total. The standard InChI is InChI=1S/C10H9NO2S/c11-14(12,13)10-7-6-8-4-2-1-3-5-9(8)10/h1-7H,(H2,11,12,13). The Morgan fingerprint density at radius 2 is 1.64 bits per heavy atom. The summed E-state index contributed by atoms with van der Waals surface area (Å²) in [6.45, 7) is 0. The first kappa shape index (κ1) is 9.18. The molecule has 0 aromatic carbocycles. The first-order valence-electron chi connectivity index (χ1n) is 4.09. The van der Waals surface area contributed by atoms with Gasteiger partial charge in [0.2, 0.25) is 10.0 Å². The summed E-state index contributed by atoms with van der Waals surface area (Å²) in [4.78, 5) is 0.184. The lowest BCUT2D eigenvalue weighted by molar-refractivity contribution is 0.598. The molecule has 0 saturated carbocycles. The highest BCUT2D eigenvalue weighted by atomic mass is 32.2. The van der Waals surface area contributed by atoms with Crippen LogP contribution in [0.1, 0.15) is 0 Å². The van der Waals surface area contributed by atoms with Crippen LogP contribution in [0.3, 0.4) is 0 Å². The molecule has 14 heavy (non-hydrogen) atoms. The van der Waals surface area contributed by atoms with Gasteiger partial charge in [-0.3, -0.25) is 0 Å². The van der Waals surface area contributed by atoms with Crippen molar-refractivity contribution in [1.82, 2.24) is 0 Å². The van der Waals surface area contributed by atoms with E-state index < -0.39 is 10.0 Å². The van der Waals surface area contributed by atoms with Gasteiger partial charge < -0.3 is 0 Å². The van der Waals surface area contributed by atoms with E-state index in [4.69, 9.17) is 5.14 Å². The molecular formula is C10H9NO2S. The molecule has 4 heteroatoms. The van der Waals surface area contributed by atoms with E-state index in [0.717, 1.165) is 5.56 Å². The highest BCUT2D eigenvalue weighted by Gasteiger charge is 2.16. The zero-order valence-electron chi connectivity index (χ0n) is 7.34. The van der Waals surface area contributed by atoms with Gasteiger partial charge in [-0.1, -0.05) is 36.4 Å². The molecule has 0 unspecified atom stereocenters. The van der Waals surface area contributed by atoms with Crippen LogP contribution in [0.4, 0.5) is 0 Å². The number of primary sulfonamides is 1. The van der Waals surface area contributed by atoms with E-state index in [1.807, 2.05) is 18.2 Å². The second-order valence-corrected chi connectivity index (χ2v) is 4.55. The van der Waals surface area contributed by atoms with E-state index >= 15 is 0 Å². The smallest absolute Gasteiger partial charge is 0.225 e. The van der Waals surface area contributed by atoms with E-state index in [0.29, 0.717) is 5.56 Å². The number of sulfonamides is 1. The minimum absolute atomic E-state index is 0.184. The third-order valence-corrected chi connectivity index (χ3v) is 3.03. The van der Waals surface area contributed by atoms with Gasteiger partial charge in [0.15, 0.2) is 0 Å². The molecule has 2 aliphatic carbocycles. The molecule has 0 saturated heterocycles. The monoisotopic (exact) mass is 207 g/mol. The summed E-state index contributed by atoms with van der Waals surface area (Å²) in [6, 6.07) is 12.4. The molecule has 0 heterocycles. The Hall–Kier alpha value is -1.39. The number of nitrogens with two attached hydrogens (primary N) is 1. The maximum Gasteiger partial charge on any atom is 0.238 e. The van der Waals surface area contributed by atoms with Crippen LogP contribution in [0, 0.1) is 0 Å². The topological polar surface area (TPSA) is 60.2 Å². The van der Waals surface area contributed by atoms with E-state index in [9.17, 15) is 8.42 Å². The Morgan fingerprint density at radius 3 is 2.36 bits per heavy atom. The Balaban J connectivity index is 2.77. The summed E-state index contributed by atoms with van der Waals surface area (Å²) in [7, 11) is -3.62. The SMILES string of the molecule is NS(=O)(=O)c1ccc2cccccc1-2. The average Bonchev–Trinajstić information content (AvgIpc) is 2.36. The predicted octanol–water partition coefficient (Wildman–Crippen LogP) is 1.44. The maximum absolute atomic E-state index is 11.2. The fraction of sp³-hybridized carbons (Fsp3) is 0. The lowest BCUT2D eigenvalue weighted by Crippen LogP contribution is -2.11. The number of hydrogen-bond acceptors (Lipinski definition) is 2. The summed E-state index contributed by atoms with van der Waals surface area (Å²) in [5.74, 6) is 0. The van der Waals surface area contributed by atoms with Crippen LogP contribution in [0.2, 0.25) is 0 Å². The van der Waals surface area contributed by atoms with Crippen molar-refractivity contribution in [3.05, 3.63) is 42.5 Å². The molecule has 2 rings (SSSR count). The van der Waals surface area contributed by atoms with E-state index in [2.05, 4.69) is 0 Å². The summed E-state index contributed by atoms with van der Waals surface area (Å²) in [5.41, 5.74) is 1.54. The first-order chi connectivity index (χ1) is 6.59. The lowest BCUT2D eigenvalue weighted by atomic mass is 10.2. The highest BCUT2D eigenvalue weighted by Crippen LogP contribution is 2.29. The molecule has 0 spiro atoms. The van der Waals surface area contributed by atoms with Crippen molar-refractivity contribution < 1.29 is 8.42 Å². The van der Waals surface area contributed by atoms with Crippen molar-refractivity contribution in [2.24, 2.45) is 5.14 Å². The largest absolute Gasteiger partial charge is 0.238 e. The van der Waals surface area contributed by atoms with Crippen molar-refractivity contribution in [2.45, 2.75) is 4.90 Å². The summed E-state index contributed by atoms with van der Waals surface area (Å²) in [6.07, 6.45) is 0. The molecule has 0 bridgehead atoms. The second-order valence-electron chi connectivity index (χ2n) is 3.02. The van der Waals surface area contributed by atoms with Gasteiger partial charge in [-0.05, 0) is 11.6 Å². The Labute approximate surface area is 82.6 Å². The van der Waals surface area contributed by atoms with E-state index in [1.54, 1.807) is 18.2 Å². The Morgan fingerprint density at radius 1 is 0.929 bits per heavy atom. The molecule has 2 aliphatic rings. The molecule has 3 nitrogen and oxygen atoms in total. The summed E-state index contributed by atoms with van der Waals surface area (Å²) in [5, 5.41) is 5.08. The predicted molar refractivity (Wildman–Crippen MR) is 54.4 cm³/mol. The summed E-state index contributed by atoms with van der Waals surface area (Å²) >= 11 is 0. The molecule has 0 aromatic rings. The molecule has 0 radical (unpaired) electrons. The van der Waals surface area contributed by atoms with Crippen molar-refractivity contribution in [3.63, 3.8) is 0 Å². The number of hydrogen-bond donors (Lipinski definition) is 1. The van der Waals surface area contributed by atoms with Crippen molar-refractivity contribution in [3.8, 4) is 11.1 Å². The van der Waals surface area contributed by atoms with Gasteiger partial charge in [0.05, 0.1) is 4.90 Å². The van der Waals surface area contributed by atoms with E-state index in [-0.39, 0.29) is 4.90 Å². The van der Waals surface area contributed by atoms with Crippen molar-refractivity contribution >= 4 is 10.0 Å². The third kappa shape index (κ3) is 1.49. The summed E-state index contributed by atoms with van der Waals surface area (Å²) < 4.78 is 22.4. The fourth-order valence-corrected chi connectivity index (χ4v) is 2.18. The highest BCUT2D eigenvalue weighted by molar-refractivity contribution is 7.89. The van der Waals surface area contributed by atoms with Gasteiger partial charge in [0.1, 0.15) is 0 Å². The minimum Gasteiger partial charge on any atom is -0.225 e. The molecule has 0 fully saturated rings. The van der Waals surface area contributed by atoms with Gasteiger partial charge in [-0.25, -0.2) is 13.6 Å². The first-order valence-corrected chi connectivity index (χ1v) is 5.64. The van der Waals surface area contributed by atoms with Crippen LogP contribution >= 0.6 is 0 Å². The Bertz CT molecular complexity index is 534. The van der Waals surface area contributed by atoms with Gasteiger partial charge in [-0.2, -0.15) is 0 Å². The Kier molecular flexibility index (Phi) is 2.02. The minimum atomic E-state index is -3.62. The van der Waals surface area contributed by atoms with Crippen LogP contribution < -0.4 is 5.14 Å². The van der Waals surface area contributed by atoms with Crippen molar-refractivity contribution in [2.75, 3.05) is 0 Å². The van der Waals surface area contributed by atoms with Gasteiger partial charge in [-0.15, -0.1) is 0 Å². The molecule has 0 aromatic heterocycles. The molecule has 0 amide bonds. The van der Waals surface area contributed by atoms with Crippen LogP contribution in [-0.2, 0) is 10.0 Å². The van der Waals surface area contributed by atoms with Crippen LogP contribution in [0.5, 0.6) is 0 Å². The van der Waals surface area contributed by atoms with Crippen molar-refractivity contribution in [1.29, 1.82) is 0 Å².